The lowest BCUT2D eigenvalue weighted by atomic mass is 9.91. The van der Waals surface area contributed by atoms with Gasteiger partial charge in [-0.15, -0.1) is 0 Å². The van der Waals surface area contributed by atoms with Crippen LogP contribution in [-0.4, -0.2) is 17.1 Å². The molecule has 3 N–H and O–H groups in total. The summed E-state index contributed by atoms with van der Waals surface area (Å²) >= 11 is 0. The summed E-state index contributed by atoms with van der Waals surface area (Å²) in [4.78, 5) is 4.38. The van der Waals surface area contributed by atoms with Crippen molar-refractivity contribution in [2.24, 2.45) is 5.73 Å². The summed E-state index contributed by atoms with van der Waals surface area (Å²) in [5, 5.41) is 4.50. The van der Waals surface area contributed by atoms with Gasteiger partial charge in [0.25, 0.3) is 0 Å². The number of furan rings is 1. The van der Waals surface area contributed by atoms with Crippen molar-refractivity contribution in [3.8, 4) is 0 Å². The second-order valence-corrected chi connectivity index (χ2v) is 4.69. The summed E-state index contributed by atoms with van der Waals surface area (Å²) in [5.74, 6) is 0.888. The number of fused-ring (bicyclic) bond motifs is 1. The third-order valence-corrected chi connectivity index (χ3v) is 3.52. The first kappa shape index (κ1) is 10.6. The number of pyridine rings is 1. The van der Waals surface area contributed by atoms with Crippen molar-refractivity contribution in [1.82, 2.24) is 4.98 Å². The monoisotopic (exact) mass is 231 g/mol. The van der Waals surface area contributed by atoms with Gasteiger partial charge in [0.15, 0.2) is 0 Å². The van der Waals surface area contributed by atoms with Crippen molar-refractivity contribution < 1.29 is 4.42 Å². The van der Waals surface area contributed by atoms with Gasteiger partial charge in [0.05, 0.1) is 11.6 Å². The maximum absolute atomic E-state index is 6.13. The maximum Gasteiger partial charge on any atom is 0.139 e. The molecule has 1 aliphatic carbocycles. The number of nitrogens with one attached hydrogen (secondary N) is 1. The van der Waals surface area contributed by atoms with Crippen LogP contribution in [0, 0.1) is 0 Å². The highest BCUT2D eigenvalue weighted by atomic mass is 16.3. The Kier molecular flexibility index (Phi) is 2.73. The number of hydrogen-bond donors (Lipinski definition) is 2. The number of aromatic nitrogens is 1. The Bertz CT molecular complexity index is 508. The highest BCUT2D eigenvalue weighted by molar-refractivity contribution is 5.87. The van der Waals surface area contributed by atoms with E-state index < -0.39 is 0 Å². The third kappa shape index (κ3) is 2.00. The van der Waals surface area contributed by atoms with Crippen LogP contribution in [0.4, 0.5) is 5.82 Å². The van der Waals surface area contributed by atoms with Gasteiger partial charge in [0, 0.05) is 18.3 Å². The molecule has 0 aliphatic heterocycles. The zero-order valence-electron chi connectivity index (χ0n) is 9.73. The molecule has 1 saturated carbocycles. The molecule has 4 nitrogen and oxygen atoms in total. The number of hydrogen-bond acceptors (Lipinski definition) is 4. The van der Waals surface area contributed by atoms with E-state index >= 15 is 0 Å². The normalized spacial score (nSPS) is 25.0. The van der Waals surface area contributed by atoms with Crippen LogP contribution in [0.3, 0.4) is 0 Å². The van der Waals surface area contributed by atoms with Gasteiger partial charge >= 0.3 is 0 Å². The molecule has 4 heteroatoms. The zero-order chi connectivity index (χ0) is 11.7. The predicted octanol–water partition coefficient (Wildman–Crippen LogP) is 2.51. The van der Waals surface area contributed by atoms with Gasteiger partial charge in [-0.25, -0.2) is 4.98 Å². The van der Waals surface area contributed by atoms with E-state index in [1.807, 2.05) is 12.1 Å². The SMILES string of the molecule is N[C@@H]1CCCC[C@H]1Nc1nccc2occc12. The van der Waals surface area contributed by atoms with Crippen molar-refractivity contribution in [2.75, 3.05) is 5.32 Å². The molecule has 0 aromatic carbocycles. The predicted molar refractivity (Wildman–Crippen MR) is 67.9 cm³/mol. The van der Waals surface area contributed by atoms with Gasteiger partial charge in [0.2, 0.25) is 0 Å². The van der Waals surface area contributed by atoms with Crippen LogP contribution in [0.25, 0.3) is 11.0 Å². The molecule has 0 spiro atoms. The first-order valence-electron chi connectivity index (χ1n) is 6.19. The molecule has 0 saturated heterocycles. The molecule has 17 heavy (non-hydrogen) atoms. The lowest BCUT2D eigenvalue weighted by Crippen LogP contribution is -2.42. The Hall–Kier alpha value is -1.55. The molecule has 1 fully saturated rings. The fourth-order valence-corrected chi connectivity index (χ4v) is 2.52. The maximum atomic E-state index is 6.13. The van der Waals surface area contributed by atoms with Crippen molar-refractivity contribution in [1.29, 1.82) is 0 Å². The first-order valence-corrected chi connectivity index (χ1v) is 6.19. The van der Waals surface area contributed by atoms with E-state index in [0.29, 0.717) is 6.04 Å². The van der Waals surface area contributed by atoms with Gasteiger partial charge in [-0.2, -0.15) is 0 Å². The molecule has 1 aliphatic rings. The molecule has 0 radical (unpaired) electrons. The molecule has 90 valence electrons. The number of rotatable bonds is 2. The van der Waals surface area contributed by atoms with Gasteiger partial charge in [-0.05, 0) is 25.0 Å². The van der Waals surface area contributed by atoms with E-state index in [1.165, 1.54) is 12.8 Å². The molecular formula is C13H17N3O. The minimum Gasteiger partial charge on any atom is -0.464 e. The van der Waals surface area contributed by atoms with Crippen LogP contribution in [0.5, 0.6) is 0 Å². The van der Waals surface area contributed by atoms with E-state index in [1.54, 1.807) is 12.5 Å². The molecule has 0 bridgehead atoms. The molecule has 2 atom stereocenters. The number of nitrogens with zero attached hydrogens (tertiary/aromatic N) is 1. The smallest absolute Gasteiger partial charge is 0.139 e. The van der Waals surface area contributed by atoms with Crippen LogP contribution >= 0.6 is 0 Å². The molecule has 2 aromatic heterocycles. The van der Waals surface area contributed by atoms with Gasteiger partial charge < -0.3 is 15.5 Å². The van der Waals surface area contributed by atoms with Crippen LogP contribution in [0.1, 0.15) is 25.7 Å². The summed E-state index contributed by atoms with van der Waals surface area (Å²) in [6, 6.07) is 4.38. The van der Waals surface area contributed by atoms with Crippen LogP contribution in [-0.2, 0) is 0 Å². The molecule has 2 heterocycles. The van der Waals surface area contributed by atoms with Gasteiger partial charge in [0.1, 0.15) is 11.4 Å². The Morgan fingerprint density at radius 1 is 1.29 bits per heavy atom. The number of anilines is 1. The highest BCUT2D eigenvalue weighted by Gasteiger charge is 2.22. The highest BCUT2D eigenvalue weighted by Crippen LogP contribution is 2.25. The Morgan fingerprint density at radius 3 is 3.06 bits per heavy atom. The van der Waals surface area contributed by atoms with E-state index in [4.69, 9.17) is 10.2 Å². The average molecular weight is 231 g/mol. The van der Waals surface area contributed by atoms with Crippen LogP contribution in [0.15, 0.2) is 29.0 Å². The second-order valence-electron chi connectivity index (χ2n) is 4.69. The quantitative estimate of drug-likeness (QED) is 0.833. The second kappa shape index (κ2) is 4.37. The fourth-order valence-electron chi connectivity index (χ4n) is 2.52. The zero-order valence-corrected chi connectivity index (χ0v) is 9.73. The molecule has 3 rings (SSSR count). The number of nitrogens with two attached hydrogens (primary N) is 1. The van der Waals surface area contributed by atoms with Crippen LogP contribution in [0.2, 0.25) is 0 Å². The minimum atomic E-state index is 0.229. The van der Waals surface area contributed by atoms with Crippen molar-refractivity contribution in [2.45, 2.75) is 37.8 Å². The topological polar surface area (TPSA) is 64.1 Å². The summed E-state index contributed by atoms with van der Waals surface area (Å²) in [7, 11) is 0. The Labute approximate surface area is 100 Å². The summed E-state index contributed by atoms with van der Waals surface area (Å²) in [6.07, 6.45) is 8.16. The molecule has 2 aromatic rings. The standard InChI is InChI=1S/C13H17N3O/c14-10-3-1-2-4-11(10)16-13-9-6-8-17-12(9)5-7-15-13/h5-8,10-11H,1-4,14H2,(H,15,16)/t10-,11-/m1/s1. The molecular weight excluding hydrogens is 214 g/mol. The first-order chi connectivity index (χ1) is 8.34. The van der Waals surface area contributed by atoms with Crippen LogP contribution < -0.4 is 11.1 Å². The summed E-state index contributed by atoms with van der Waals surface area (Å²) in [5.41, 5.74) is 7.00. The van der Waals surface area contributed by atoms with E-state index in [-0.39, 0.29) is 6.04 Å². The van der Waals surface area contributed by atoms with Crippen molar-refractivity contribution in [3.63, 3.8) is 0 Å². The van der Waals surface area contributed by atoms with Crippen molar-refractivity contribution in [3.05, 3.63) is 24.6 Å². The Morgan fingerprint density at radius 2 is 2.18 bits per heavy atom. The van der Waals surface area contributed by atoms with E-state index in [2.05, 4.69) is 10.3 Å². The summed E-state index contributed by atoms with van der Waals surface area (Å²) < 4.78 is 5.36. The molecule has 0 amide bonds. The van der Waals surface area contributed by atoms with Gasteiger partial charge in [-0.1, -0.05) is 12.8 Å². The largest absolute Gasteiger partial charge is 0.464 e. The lowest BCUT2D eigenvalue weighted by molar-refractivity contribution is 0.403. The Balaban J connectivity index is 1.86. The lowest BCUT2D eigenvalue weighted by Gasteiger charge is -2.29. The van der Waals surface area contributed by atoms with Crippen molar-refractivity contribution >= 4 is 16.8 Å². The van der Waals surface area contributed by atoms with Gasteiger partial charge in [-0.3, -0.25) is 0 Å². The van der Waals surface area contributed by atoms with E-state index in [9.17, 15) is 0 Å². The molecule has 0 unspecified atom stereocenters. The average Bonchev–Trinajstić information content (AvgIpc) is 2.81. The summed E-state index contributed by atoms with van der Waals surface area (Å²) in [6.45, 7) is 0. The fraction of sp³-hybridized carbons (Fsp3) is 0.462. The third-order valence-electron chi connectivity index (χ3n) is 3.52. The van der Waals surface area contributed by atoms with E-state index in [0.717, 1.165) is 29.6 Å². The minimum absolute atomic E-state index is 0.229.